The van der Waals surface area contributed by atoms with Gasteiger partial charge in [0.1, 0.15) is 5.75 Å². The molecule has 2 aromatic rings. The van der Waals surface area contributed by atoms with Crippen molar-refractivity contribution < 1.29 is 9.53 Å². The molecular formula is C13H13BrN2O2S. The minimum Gasteiger partial charge on any atom is -0.484 e. The summed E-state index contributed by atoms with van der Waals surface area (Å²) in [6.07, 6.45) is 0. The summed E-state index contributed by atoms with van der Waals surface area (Å²) in [7, 11) is 0. The lowest BCUT2D eigenvalue weighted by molar-refractivity contribution is -0.123. The third kappa shape index (κ3) is 4.57. The first-order valence-electron chi connectivity index (χ1n) is 5.61. The highest BCUT2D eigenvalue weighted by Gasteiger charge is 2.04. The molecule has 1 aromatic carbocycles. The van der Waals surface area contributed by atoms with E-state index in [1.165, 1.54) is 0 Å². The molecule has 0 atom stereocenters. The third-order valence-electron chi connectivity index (χ3n) is 2.31. The van der Waals surface area contributed by atoms with E-state index in [0.717, 1.165) is 9.35 Å². The highest BCUT2D eigenvalue weighted by Crippen LogP contribution is 2.19. The number of nitrogens with one attached hydrogen (secondary N) is 1. The van der Waals surface area contributed by atoms with Crippen molar-refractivity contribution >= 4 is 38.9 Å². The van der Waals surface area contributed by atoms with E-state index in [9.17, 15) is 4.79 Å². The molecule has 0 spiro atoms. The van der Waals surface area contributed by atoms with Crippen molar-refractivity contribution in [2.45, 2.75) is 6.54 Å². The molecule has 4 nitrogen and oxygen atoms in total. The van der Waals surface area contributed by atoms with Crippen LogP contribution in [0.25, 0.3) is 0 Å². The molecule has 0 saturated carbocycles. The van der Waals surface area contributed by atoms with Gasteiger partial charge in [-0.25, -0.2) is 0 Å². The van der Waals surface area contributed by atoms with Gasteiger partial charge in [0.2, 0.25) is 0 Å². The Morgan fingerprint density at radius 2 is 2.26 bits per heavy atom. The van der Waals surface area contributed by atoms with Gasteiger partial charge in [-0.05, 0) is 34.1 Å². The summed E-state index contributed by atoms with van der Waals surface area (Å²) >= 11 is 4.96. The number of nitrogens with two attached hydrogens (primary N) is 1. The first kappa shape index (κ1) is 13.9. The van der Waals surface area contributed by atoms with Gasteiger partial charge >= 0.3 is 0 Å². The van der Waals surface area contributed by atoms with Crippen LogP contribution in [0.1, 0.15) is 4.88 Å². The van der Waals surface area contributed by atoms with Gasteiger partial charge in [0, 0.05) is 26.5 Å². The Labute approximate surface area is 123 Å². The summed E-state index contributed by atoms with van der Waals surface area (Å²) in [5, 5.41) is 4.77. The maximum absolute atomic E-state index is 11.6. The summed E-state index contributed by atoms with van der Waals surface area (Å²) in [5.74, 6) is 0.431. The van der Waals surface area contributed by atoms with Gasteiger partial charge in [0.15, 0.2) is 6.61 Å². The minimum absolute atomic E-state index is 0.0179. The van der Waals surface area contributed by atoms with E-state index >= 15 is 0 Å². The van der Waals surface area contributed by atoms with Gasteiger partial charge in [-0.3, -0.25) is 4.79 Å². The number of halogens is 1. The summed E-state index contributed by atoms with van der Waals surface area (Å²) in [5.41, 5.74) is 6.23. The molecule has 0 aliphatic rings. The van der Waals surface area contributed by atoms with Crippen molar-refractivity contribution in [3.05, 3.63) is 45.1 Å². The average molecular weight is 341 g/mol. The lowest BCUT2D eigenvalue weighted by Gasteiger charge is -2.07. The molecule has 6 heteroatoms. The van der Waals surface area contributed by atoms with Gasteiger partial charge in [0.25, 0.3) is 5.91 Å². The minimum atomic E-state index is -0.160. The maximum atomic E-state index is 11.6. The van der Waals surface area contributed by atoms with Crippen LogP contribution in [0.5, 0.6) is 5.75 Å². The lowest BCUT2D eigenvalue weighted by atomic mass is 10.3. The predicted molar refractivity (Wildman–Crippen MR) is 80.2 cm³/mol. The fraction of sp³-hybridized carbons (Fsp3) is 0.154. The molecule has 0 aliphatic carbocycles. The topological polar surface area (TPSA) is 64.3 Å². The van der Waals surface area contributed by atoms with Crippen molar-refractivity contribution in [1.29, 1.82) is 0 Å². The third-order valence-corrected chi connectivity index (χ3v) is 4.01. The summed E-state index contributed by atoms with van der Waals surface area (Å²) < 4.78 is 6.37. The van der Waals surface area contributed by atoms with Crippen LogP contribution in [0.15, 0.2) is 40.2 Å². The zero-order valence-corrected chi connectivity index (χ0v) is 12.5. The number of ether oxygens (including phenoxy) is 1. The SMILES string of the molecule is Nc1cccc(OCC(=O)NCc2cc(Br)cs2)c1. The van der Waals surface area contributed by atoms with E-state index in [1.807, 2.05) is 11.4 Å². The molecule has 0 bridgehead atoms. The number of anilines is 1. The molecule has 1 aromatic heterocycles. The zero-order chi connectivity index (χ0) is 13.7. The largest absolute Gasteiger partial charge is 0.484 e. The number of hydrogen-bond donors (Lipinski definition) is 2. The fourth-order valence-electron chi connectivity index (χ4n) is 1.44. The monoisotopic (exact) mass is 340 g/mol. The van der Waals surface area contributed by atoms with E-state index < -0.39 is 0 Å². The van der Waals surface area contributed by atoms with Crippen LogP contribution in [0.4, 0.5) is 5.69 Å². The number of carbonyl (C=O) groups excluding carboxylic acids is 1. The number of nitrogen functional groups attached to an aromatic ring is 1. The van der Waals surface area contributed by atoms with E-state index in [-0.39, 0.29) is 12.5 Å². The molecule has 0 fully saturated rings. The van der Waals surface area contributed by atoms with E-state index in [0.29, 0.717) is 18.0 Å². The van der Waals surface area contributed by atoms with E-state index in [4.69, 9.17) is 10.5 Å². The van der Waals surface area contributed by atoms with Gasteiger partial charge in [-0.2, -0.15) is 0 Å². The van der Waals surface area contributed by atoms with Crippen LogP contribution < -0.4 is 15.8 Å². The van der Waals surface area contributed by atoms with Gasteiger partial charge < -0.3 is 15.8 Å². The number of hydrogen-bond acceptors (Lipinski definition) is 4. The van der Waals surface area contributed by atoms with Crippen LogP contribution in [0.2, 0.25) is 0 Å². The molecule has 1 heterocycles. The molecule has 1 amide bonds. The number of thiophene rings is 1. The Morgan fingerprint density at radius 1 is 1.42 bits per heavy atom. The quantitative estimate of drug-likeness (QED) is 0.822. The molecule has 0 aliphatic heterocycles. The molecule has 2 rings (SSSR count). The Hall–Kier alpha value is -1.53. The van der Waals surface area contributed by atoms with Crippen LogP contribution in [0, 0.1) is 0 Å². The summed E-state index contributed by atoms with van der Waals surface area (Å²) in [4.78, 5) is 12.7. The lowest BCUT2D eigenvalue weighted by Crippen LogP contribution is -2.28. The molecular weight excluding hydrogens is 328 g/mol. The Kier molecular flexibility index (Phi) is 4.81. The second kappa shape index (κ2) is 6.58. The fourth-order valence-corrected chi connectivity index (χ4v) is 2.83. The molecule has 0 saturated heterocycles. The van der Waals surface area contributed by atoms with Crippen LogP contribution in [-0.4, -0.2) is 12.5 Å². The van der Waals surface area contributed by atoms with Crippen molar-refractivity contribution in [2.75, 3.05) is 12.3 Å². The van der Waals surface area contributed by atoms with Crippen LogP contribution in [0.3, 0.4) is 0 Å². The molecule has 0 unspecified atom stereocenters. The van der Waals surface area contributed by atoms with Crippen LogP contribution in [-0.2, 0) is 11.3 Å². The number of benzene rings is 1. The Morgan fingerprint density at radius 3 is 2.95 bits per heavy atom. The van der Waals surface area contributed by atoms with E-state index in [1.54, 1.807) is 35.6 Å². The molecule has 19 heavy (non-hydrogen) atoms. The summed E-state index contributed by atoms with van der Waals surface area (Å²) in [6, 6.07) is 8.97. The number of rotatable bonds is 5. The second-order valence-corrected chi connectivity index (χ2v) is 5.78. The first-order chi connectivity index (χ1) is 9.13. The molecule has 0 radical (unpaired) electrons. The van der Waals surface area contributed by atoms with E-state index in [2.05, 4.69) is 21.2 Å². The highest BCUT2D eigenvalue weighted by atomic mass is 79.9. The van der Waals surface area contributed by atoms with Gasteiger partial charge in [-0.15, -0.1) is 11.3 Å². The zero-order valence-electron chi connectivity index (χ0n) is 10.1. The number of carbonyl (C=O) groups is 1. The van der Waals surface area contributed by atoms with Gasteiger partial charge in [0.05, 0.1) is 6.54 Å². The Balaban J connectivity index is 1.75. The second-order valence-electron chi connectivity index (χ2n) is 3.87. The maximum Gasteiger partial charge on any atom is 0.258 e. The van der Waals surface area contributed by atoms with Crippen LogP contribution >= 0.6 is 27.3 Å². The molecule has 3 N–H and O–H groups in total. The Bertz CT molecular complexity index is 571. The highest BCUT2D eigenvalue weighted by molar-refractivity contribution is 9.10. The average Bonchev–Trinajstić information content (AvgIpc) is 2.80. The first-order valence-corrected chi connectivity index (χ1v) is 7.29. The number of amides is 1. The predicted octanol–water partition coefficient (Wildman–Crippen LogP) is 2.79. The van der Waals surface area contributed by atoms with Crippen molar-refractivity contribution in [3.63, 3.8) is 0 Å². The standard InChI is InChI=1S/C13H13BrN2O2S/c14-9-4-12(19-8-9)6-16-13(17)7-18-11-3-1-2-10(15)5-11/h1-5,8H,6-7,15H2,(H,16,17). The van der Waals surface area contributed by atoms with Crippen molar-refractivity contribution in [1.82, 2.24) is 5.32 Å². The van der Waals surface area contributed by atoms with Crippen molar-refractivity contribution in [3.8, 4) is 5.75 Å². The normalized spacial score (nSPS) is 10.2. The van der Waals surface area contributed by atoms with Crippen molar-refractivity contribution in [2.24, 2.45) is 0 Å². The van der Waals surface area contributed by atoms with Gasteiger partial charge in [-0.1, -0.05) is 6.07 Å². The summed E-state index contributed by atoms with van der Waals surface area (Å²) in [6.45, 7) is 0.491. The smallest absolute Gasteiger partial charge is 0.258 e. The molecule has 100 valence electrons.